The minimum absolute atomic E-state index is 0.632. The number of rotatable bonds is 3. The van der Waals surface area contributed by atoms with Gasteiger partial charge in [0.15, 0.2) is 5.65 Å². The Balaban J connectivity index is 2.12. The molecule has 0 unspecified atom stereocenters. The van der Waals surface area contributed by atoms with Crippen LogP contribution in [0.3, 0.4) is 0 Å². The second-order valence-electron chi connectivity index (χ2n) is 4.25. The van der Waals surface area contributed by atoms with E-state index in [0.717, 1.165) is 29.4 Å². The molecule has 0 N–H and O–H groups in total. The van der Waals surface area contributed by atoms with Gasteiger partial charge in [-0.05, 0) is 30.4 Å². The number of pyridine rings is 1. The van der Waals surface area contributed by atoms with Crippen molar-refractivity contribution >= 4 is 23.3 Å². The number of hydrogen-bond acceptors (Lipinski definition) is 2. The maximum Gasteiger partial charge on any atom is 0.180 e. The summed E-state index contributed by atoms with van der Waals surface area (Å²) in [4.78, 5) is 0. The van der Waals surface area contributed by atoms with Crippen molar-refractivity contribution in [2.24, 2.45) is 5.92 Å². The number of fused-ring (bicyclic) bond motifs is 1. The third-order valence-corrected chi connectivity index (χ3v) is 3.39. The number of nitrogens with zero attached hydrogens (tertiary/aromatic N) is 3. The fraction of sp³-hybridized carbons (Fsp3) is 0.333. The molecule has 0 aromatic carbocycles. The van der Waals surface area contributed by atoms with Gasteiger partial charge >= 0.3 is 0 Å². The highest BCUT2D eigenvalue weighted by atomic mass is 35.5. The highest BCUT2D eigenvalue weighted by Gasteiger charge is 2.24. The molecular weight excluding hydrogens is 222 g/mol. The van der Waals surface area contributed by atoms with E-state index in [-0.39, 0.29) is 0 Å². The van der Waals surface area contributed by atoms with Gasteiger partial charge in [-0.3, -0.25) is 4.40 Å². The molecular formula is C12H12ClN3. The zero-order chi connectivity index (χ0) is 11.1. The Morgan fingerprint density at radius 2 is 2.31 bits per heavy atom. The van der Waals surface area contributed by atoms with Crippen molar-refractivity contribution in [2.75, 3.05) is 0 Å². The van der Waals surface area contributed by atoms with Crippen molar-refractivity contribution in [1.82, 2.24) is 14.6 Å². The van der Waals surface area contributed by atoms with Crippen molar-refractivity contribution in [3.8, 4) is 0 Å². The summed E-state index contributed by atoms with van der Waals surface area (Å²) in [6.45, 7) is 3.72. The summed E-state index contributed by atoms with van der Waals surface area (Å²) in [6.07, 6.45) is 7.33. The largest absolute Gasteiger partial charge is 0.285 e. The van der Waals surface area contributed by atoms with E-state index < -0.39 is 0 Å². The molecule has 0 aliphatic heterocycles. The lowest BCUT2D eigenvalue weighted by Gasteiger charge is -2.02. The fourth-order valence-electron chi connectivity index (χ4n) is 1.86. The van der Waals surface area contributed by atoms with Crippen LogP contribution in [0, 0.1) is 5.92 Å². The topological polar surface area (TPSA) is 30.2 Å². The quantitative estimate of drug-likeness (QED) is 0.816. The van der Waals surface area contributed by atoms with Crippen molar-refractivity contribution < 1.29 is 0 Å². The van der Waals surface area contributed by atoms with E-state index in [1.807, 2.05) is 16.7 Å². The predicted molar refractivity (Wildman–Crippen MR) is 64.5 cm³/mol. The van der Waals surface area contributed by atoms with Crippen molar-refractivity contribution in [2.45, 2.75) is 19.3 Å². The Hall–Kier alpha value is -1.35. The zero-order valence-corrected chi connectivity index (χ0v) is 9.61. The molecule has 0 spiro atoms. The Morgan fingerprint density at radius 1 is 1.50 bits per heavy atom. The van der Waals surface area contributed by atoms with E-state index >= 15 is 0 Å². The van der Waals surface area contributed by atoms with Gasteiger partial charge in [0.1, 0.15) is 5.82 Å². The lowest BCUT2D eigenvalue weighted by molar-refractivity contribution is 0.758. The lowest BCUT2D eigenvalue weighted by atomic mass is 10.2. The first-order valence-corrected chi connectivity index (χ1v) is 5.82. The Morgan fingerprint density at radius 3 is 3.00 bits per heavy atom. The summed E-state index contributed by atoms with van der Waals surface area (Å²) >= 11 is 6.21. The molecule has 0 saturated heterocycles. The average molecular weight is 234 g/mol. The number of halogens is 1. The van der Waals surface area contributed by atoms with E-state index in [0.29, 0.717) is 5.02 Å². The molecule has 1 saturated carbocycles. The molecule has 1 fully saturated rings. The van der Waals surface area contributed by atoms with Gasteiger partial charge in [-0.2, -0.15) is 0 Å². The smallest absolute Gasteiger partial charge is 0.180 e. The molecule has 0 amide bonds. The second-order valence-corrected chi connectivity index (χ2v) is 4.62. The third-order valence-electron chi connectivity index (χ3n) is 3.01. The maximum absolute atomic E-state index is 6.21. The second kappa shape index (κ2) is 3.59. The van der Waals surface area contributed by atoms with Crippen molar-refractivity contribution in [3.05, 3.63) is 35.3 Å². The van der Waals surface area contributed by atoms with Crippen LogP contribution in [-0.2, 0) is 6.42 Å². The van der Waals surface area contributed by atoms with Crippen LogP contribution in [0.5, 0.6) is 0 Å². The summed E-state index contributed by atoms with van der Waals surface area (Å²) in [5.74, 6) is 1.81. The molecule has 1 aliphatic carbocycles. The highest BCUT2D eigenvalue weighted by Crippen LogP contribution is 2.32. The van der Waals surface area contributed by atoms with Crippen LogP contribution in [0.2, 0.25) is 5.02 Å². The molecule has 2 aromatic rings. The summed E-state index contributed by atoms with van der Waals surface area (Å²) in [6, 6.07) is 1.95. The van der Waals surface area contributed by atoms with Crippen LogP contribution in [0.1, 0.15) is 24.2 Å². The first-order valence-electron chi connectivity index (χ1n) is 5.44. The van der Waals surface area contributed by atoms with E-state index in [9.17, 15) is 0 Å². The minimum Gasteiger partial charge on any atom is -0.285 e. The van der Waals surface area contributed by atoms with Crippen LogP contribution in [0.15, 0.2) is 18.8 Å². The highest BCUT2D eigenvalue weighted by molar-refractivity contribution is 6.34. The summed E-state index contributed by atoms with van der Waals surface area (Å²) < 4.78 is 1.98. The standard InChI is InChI=1S/C12H12ClN3/c1-2-9-5-6-16-10(7-8-3-4-8)14-15-12(16)11(9)13/h2,5-6,8H,1,3-4,7H2. The SMILES string of the molecule is C=Cc1ccn2c(CC3CC3)nnc2c1Cl. The van der Waals surface area contributed by atoms with Crippen LogP contribution in [0.4, 0.5) is 0 Å². The van der Waals surface area contributed by atoms with Crippen molar-refractivity contribution in [1.29, 1.82) is 0 Å². The van der Waals surface area contributed by atoms with E-state index in [4.69, 9.17) is 11.6 Å². The van der Waals surface area contributed by atoms with Crippen LogP contribution in [-0.4, -0.2) is 14.6 Å². The third kappa shape index (κ3) is 1.52. The van der Waals surface area contributed by atoms with Crippen molar-refractivity contribution in [3.63, 3.8) is 0 Å². The Labute approximate surface area is 98.8 Å². The molecule has 3 nitrogen and oxygen atoms in total. The molecule has 4 heteroatoms. The molecule has 0 radical (unpaired) electrons. The summed E-state index contributed by atoms with van der Waals surface area (Å²) in [5, 5.41) is 8.98. The molecule has 82 valence electrons. The van der Waals surface area contributed by atoms with E-state index in [1.165, 1.54) is 12.8 Å². The van der Waals surface area contributed by atoms with Gasteiger partial charge in [0, 0.05) is 12.6 Å². The monoisotopic (exact) mass is 233 g/mol. The molecule has 1 aliphatic rings. The van der Waals surface area contributed by atoms with E-state index in [1.54, 1.807) is 6.08 Å². The molecule has 2 aromatic heterocycles. The summed E-state index contributed by atoms with van der Waals surface area (Å²) in [7, 11) is 0. The summed E-state index contributed by atoms with van der Waals surface area (Å²) in [5.41, 5.74) is 1.63. The maximum atomic E-state index is 6.21. The van der Waals surface area contributed by atoms with Gasteiger partial charge in [-0.25, -0.2) is 0 Å². The first kappa shape index (κ1) is 9.85. The number of aromatic nitrogens is 3. The number of hydrogen-bond donors (Lipinski definition) is 0. The molecule has 16 heavy (non-hydrogen) atoms. The Kier molecular flexibility index (Phi) is 2.21. The first-order chi connectivity index (χ1) is 7.79. The van der Waals surface area contributed by atoms with Gasteiger partial charge < -0.3 is 0 Å². The average Bonchev–Trinajstić information content (AvgIpc) is 3.00. The van der Waals surface area contributed by atoms with Gasteiger partial charge in [0.25, 0.3) is 0 Å². The minimum atomic E-state index is 0.632. The molecule has 3 rings (SSSR count). The Bertz CT molecular complexity index is 555. The fourth-order valence-corrected chi connectivity index (χ4v) is 2.13. The van der Waals surface area contributed by atoms with Crippen LogP contribution >= 0.6 is 11.6 Å². The normalized spacial score (nSPS) is 15.6. The molecule has 0 atom stereocenters. The van der Waals surface area contributed by atoms with Gasteiger partial charge in [0.2, 0.25) is 0 Å². The molecule has 0 bridgehead atoms. The zero-order valence-electron chi connectivity index (χ0n) is 8.86. The predicted octanol–water partition coefficient (Wildman–Crippen LogP) is 2.98. The van der Waals surface area contributed by atoms with Gasteiger partial charge in [-0.15, -0.1) is 10.2 Å². The lowest BCUT2D eigenvalue weighted by Crippen LogP contribution is -1.96. The van der Waals surface area contributed by atoms with Gasteiger partial charge in [-0.1, -0.05) is 24.3 Å². The molecule has 2 heterocycles. The van der Waals surface area contributed by atoms with Crippen LogP contribution in [0.25, 0.3) is 11.7 Å². The van der Waals surface area contributed by atoms with Crippen LogP contribution < -0.4 is 0 Å². The van der Waals surface area contributed by atoms with Gasteiger partial charge in [0.05, 0.1) is 5.02 Å². The van der Waals surface area contributed by atoms with E-state index in [2.05, 4.69) is 16.8 Å².